The molecule has 0 aromatic heterocycles. The zero-order valence-electron chi connectivity index (χ0n) is 10.8. The second-order valence-corrected chi connectivity index (χ2v) is 7.70. The molecule has 0 unspecified atom stereocenters. The lowest BCUT2D eigenvalue weighted by atomic mass is 10.2. The molecule has 106 valence electrons. The Labute approximate surface area is 122 Å². The maximum absolute atomic E-state index is 12.6. The Morgan fingerprint density at radius 2 is 2.00 bits per heavy atom. The first-order valence-corrected chi connectivity index (χ1v) is 8.57. The lowest BCUT2D eigenvalue weighted by Gasteiger charge is -2.24. The summed E-state index contributed by atoms with van der Waals surface area (Å²) in [7, 11) is -1.82. The highest BCUT2D eigenvalue weighted by atomic mass is 79.9. The van der Waals surface area contributed by atoms with Gasteiger partial charge in [0.25, 0.3) is 0 Å². The van der Waals surface area contributed by atoms with Crippen LogP contribution in [-0.2, 0) is 16.6 Å². The van der Waals surface area contributed by atoms with Gasteiger partial charge in [-0.1, -0.05) is 18.9 Å². The van der Waals surface area contributed by atoms with E-state index in [0.29, 0.717) is 10.0 Å². The number of aliphatic hydroxyl groups excluding tert-OH is 1. The first-order chi connectivity index (χ1) is 8.96. The van der Waals surface area contributed by atoms with E-state index in [0.717, 1.165) is 25.7 Å². The predicted octanol–water partition coefficient (Wildman–Crippen LogP) is 2.50. The summed E-state index contributed by atoms with van der Waals surface area (Å²) in [6.45, 7) is -0.0998. The van der Waals surface area contributed by atoms with Crippen molar-refractivity contribution in [2.75, 3.05) is 7.05 Å². The number of benzene rings is 1. The minimum atomic E-state index is -3.47. The van der Waals surface area contributed by atoms with E-state index in [2.05, 4.69) is 15.9 Å². The van der Waals surface area contributed by atoms with E-state index in [9.17, 15) is 8.42 Å². The summed E-state index contributed by atoms with van der Waals surface area (Å²) in [6.07, 6.45) is 4.05. The lowest BCUT2D eigenvalue weighted by Crippen LogP contribution is -2.35. The standard InChI is InChI=1S/C13H18BrNO3S/c1-15(11-4-2-3-5-11)19(17,18)13-7-6-10(9-16)8-12(13)14/h6-8,11,16H,2-5,9H2,1H3. The second kappa shape index (κ2) is 5.91. The van der Waals surface area contributed by atoms with Crippen LogP contribution < -0.4 is 0 Å². The van der Waals surface area contributed by atoms with E-state index >= 15 is 0 Å². The summed E-state index contributed by atoms with van der Waals surface area (Å²) in [5.41, 5.74) is 0.689. The molecule has 1 aliphatic carbocycles. The number of aliphatic hydroxyl groups is 1. The molecule has 1 aromatic carbocycles. The molecular weight excluding hydrogens is 330 g/mol. The fourth-order valence-electron chi connectivity index (χ4n) is 2.47. The van der Waals surface area contributed by atoms with Crippen LogP contribution in [0.3, 0.4) is 0 Å². The van der Waals surface area contributed by atoms with E-state index in [4.69, 9.17) is 5.11 Å². The van der Waals surface area contributed by atoms with Gasteiger partial charge in [0.2, 0.25) is 10.0 Å². The van der Waals surface area contributed by atoms with Crippen LogP contribution in [0.2, 0.25) is 0 Å². The summed E-state index contributed by atoms with van der Waals surface area (Å²) in [4.78, 5) is 0.263. The highest BCUT2D eigenvalue weighted by Gasteiger charge is 2.31. The zero-order valence-corrected chi connectivity index (χ0v) is 13.2. The third kappa shape index (κ3) is 3.02. The Morgan fingerprint density at radius 1 is 1.37 bits per heavy atom. The van der Waals surface area contributed by atoms with E-state index in [1.807, 2.05) is 0 Å². The average molecular weight is 348 g/mol. The molecule has 0 saturated heterocycles. The van der Waals surface area contributed by atoms with Crippen molar-refractivity contribution in [3.05, 3.63) is 28.2 Å². The quantitative estimate of drug-likeness (QED) is 0.910. The normalized spacial score (nSPS) is 17.3. The van der Waals surface area contributed by atoms with Crippen molar-refractivity contribution in [3.63, 3.8) is 0 Å². The van der Waals surface area contributed by atoms with Crippen molar-refractivity contribution in [1.82, 2.24) is 4.31 Å². The molecule has 0 atom stereocenters. The fraction of sp³-hybridized carbons (Fsp3) is 0.538. The number of hydrogen-bond donors (Lipinski definition) is 1. The number of hydrogen-bond acceptors (Lipinski definition) is 3. The van der Waals surface area contributed by atoms with Gasteiger partial charge in [-0.25, -0.2) is 8.42 Å². The summed E-state index contributed by atoms with van der Waals surface area (Å²) >= 11 is 3.28. The van der Waals surface area contributed by atoms with Crippen molar-refractivity contribution >= 4 is 26.0 Å². The second-order valence-electron chi connectivity index (χ2n) is 4.88. The van der Waals surface area contributed by atoms with E-state index < -0.39 is 10.0 Å². The Hall–Kier alpha value is -0.430. The van der Waals surface area contributed by atoms with Crippen LogP contribution in [-0.4, -0.2) is 30.9 Å². The van der Waals surface area contributed by atoms with Gasteiger partial charge in [0, 0.05) is 17.6 Å². The third-order valence-electron chi connectivity index (χ3n) is 3.67. The molecule has 19 heavy (non-hydrogen) atoms. The molecule has 0 amide bonds. The lowest BCUT2D eigenvalue weighted by molar-refractivity contribution is 0.281. The van der Waals surface area contributed by atoms with Crippen LogP contribution in [0, 0.1) is 0 Å². The smallest absolute Gasteiger partial charge is 0.244 e. The minimum absolute atomic E-state index is 0.0998. The van der Waals surface area contributed by atoms with Crippen molar-refractivity contribution in [2.24, 2.45) is 0 Å². The summed E-state index contributed by atoms with van der Waals surface area (Å²) in [5.74, 6) is 0. The molecule has 0 heterocycles. The van der Waals surface area contributed by atoms with Crippen molar-refractivity contribution in [3.8, 4) is 0 Å². The summed E-state index contributed by atoms with van der Waals surface area (Å²) in [5, 5.41) is 9.06. The maximum atomic E-state index is 12.6. The molecule has 4 nitrogen and oxygen atoms in total. The van der Waals surface area contributed by atoms with Gasteiger partial charge in [-0.05, 0) is 46.5 Å². The highest BCUT2D eigenvalue weighted by molar-refractivity contribution is 9.10. The van der Waals surface area contributed by atoms with Crippen LogP contribution >= 0.6 is 15.9 Å². The molecular formula is C13H18BrNO3S. The van der Waals surface area contributed by atoms with Gasteiger partial charge in [0.1, 0.15) is 0 Å². The predicted molar refractivity (Wildman–Crippen MR) is 77.3 cm³/mol. The molecule has 0 spiro atoms. The van der Waals surface area contributed by atoms with Crippen LogP contribution in [0.5, 0.6) is 0 Å². The van der Waals surface area contributed by atoms with Crippen molar-refractivity contribution in [2.45, 2.75) is 43.2 Å². The van der Waals surface area contributed by atoms with Crippen molar-refractivity contribution in [1.29, 1.82) is 0 Å². The Morgan fingerprint density at radius 3 is 2.53 bits per heavy atom. The highest BCUT2D eigenvalue weighted by Crippen LogP contribution is 2.30. The molecule has 0 radical (unpaired) electrons. The third-order valence-corrected chi connectivity index (χ3v) is 6.56. The molecule has 1 fully saturated rings. The van der Waals surface area contributed by atoms with E-state index in [1.165, 1.54) is 4.31 Å². The minimum Gasteiger partial charge on any atom is -0.392 e. The largest absolute Gasteiger partial charge is 0.392 e. The first kappa shape index (κ1) is 15.0. The van der Waals surface area contributed by atoms with Crippen LogP contribution in [0.4, 0.5) is 0 Å². The number of halogens is 1. The SMILES string of the molecule is CN(C1CCCC1)S(=O)(=O)c1ccc(CO)cc1Br. The van der Waals surface area contributed by atoms with Gasteiger partial charge in [0.15, 0.2) is 0 Å². The van der Waals surface area contributed by atoms with Gasteiger partial charge in [-0.15, -0.1) is 0 Å². The summed E-state index contributed by atoms with van der Waals surface area (Å²) in [6, 6.07) is 4.95. The molecule has 1 aliphatic rings. The van der Waals surface area contributed by atoms with Crippen LogP contribution in [0.25, 0.3) is 0 Å². The van der Waals surface area contributed by atoms with Gasteiger partial charge >= 0.3 is 0 Å². The van der Waals surface area contributed by atoms with Crippen LogP contribution in [0.1, 0.15) is 31.2 Å². The number of rotatable bonds is 4. The Kier molecular flexibility index (Phi) is 4.66. The van der Waals surface area contributed by atoms with Gasteiger partial charge in [0.05, 0.1) is 11.5 Å². The van der Waals surface area contributed by atoms with Crippen LogP contribution in [0.15, 0.2) is 27.6 Å². The zero-order chi connectivity index (χ0) is 14.0. The Balaban J connectivity index is 2.33. The topological polar surface area (TPSA) is 57.6 Å². The Bertz CT molecular complexity index is 553. The first-order valence-electron chi connectivity index (χ1n) is 6.34. The molecule has 1 N–H and O–H groups in total. The van der Waals surface area contributed by atoms with Gasteiger partial charge < -0.3 is 5.11 Å². The number of nitrogens with zero attached hydrogens (tertiary/aromatic N) is 1. The molecule has 6 heteroatoms. The molecule has 0 bridgehead atoms. The molecule has 2 rings (SSSR count). The van der Waals surface area contributed by atoms with E-state index in [-0.39, 0.29) is 17.5 Å². The molecule has 0 aliphatic heterocycles. The maximum Gasteiger partial charge on any atom is 0.244 e. The molecule has 1 aromatic rings. The molecule has 1 saturated carbocycles. The number of sulfonamides is 1. The summed E-state index contributed by atoms with van der Waals surface area (Å²) < 4.78 is 27.1. The average Bonchev–Trinajstić information content (AvgIpc) is 2.90. The van der Waals surface area contributed by atoms with E-state index in [1.54, 1.807) is 25.2 Å². The van der Waals surface area contributed by atoms with Gasteiger partial charge in [-0.2, -0.15) is 4.31 Å². The van der Waals surface area contributed by atoms with Gasteiger partial charge in [-0.3, -0.25) is 0 Å². The van der Waals surface area contributed by atoms with Crippen molar-refractivity contribution < 1.29 is 13.5 Å². The monoisotopic (exact) mass is 347 g/mol. The fourth-order valence-corrected chi connectivity index (χ4v) is 4.97.